The molecule has 0 aliphatic carbocycles. The van der Waals surface area contributed by atoms with E-state index in [0.29, 0.717) is 15.9 Å². The minimum atomic E-state index is -0.455. The number of halogens is 2. The molecule has 0 radical (unpaired) electrons. The maximum absolute atomic E-state index is 13.3. The van der Waals surface area contributed by atoms with Crippen LogP contribution < -0.4 is 5.73 Å². The average molecular weight is 316 g/mol. The Morgan fingerprint density at radius 2 is 2.28 bits per heavy atom. The summed E-state index contributed by atoms with van der Waals surface area (Å²) in [6.45, 7) is 0.227. The van der Waals surface area contributed by atoms with Gasteiger partial charge in [0.2, 0.25) is 5.82 Å². The van der Waals surface area contributed by atoms with Gasteiger partial charge in [-0.2, -0.15) is 4.98 Å². The largest absolute Gasteiger partial charge is 0.370 e. The highest BCUT2D eigenvalue weighted by atomic mass is 79.9. The molecule has 2 rings (SSSR count). The third-order valence-corrected chi connectivity index (χ3v) is 2.79. The molecule has 0 amide bonds. The van der Waals surface area contributed by atoms with Gasteiger partial charge in [0, 0.05) is 23.7 Å². The van der Waals surface area contributed by atoms with Crippen molar-refractivity contribution in [3.05, 3.63) is 34.4 Å². The first-order chi connectivity index (χ1) is 8.63. The molecule has 1 unspecified atom stereocenters. The lowest BCUT2D eigenvalue weighted by molar-refractivity contribution is 0.0804. The van der Waals surface area contributed by atoms with Crippen LogP contribution in [-0.4, -0.2) is 23.8 Å². The van der Waals surface area contributed by atoms with Gasteiger partial charge in [0.15, 0.2) is 0 Å². The first-order valence-corrected chi connectivity index (χ1v) is 5.96. The zero-order valence-electron chi connectivity index (χ0n) is 9.56. The number of hydrogen-bond acceptors (Lipinski definition) is 5. The molecule has 1 aromatic carbocycles. The Morgan fingerprint density at radius 1 is 1.50 bits per heavy atom. The van der Waals surface area contributed by atoms with E-state index in [-0.39, 0.29) is 18.3 Å². The summed E-state index contributed by atoms with van der Waals surface area (Å²) in [5.74, 6) is 0.184. The molecule has 0 bridgehead atoms. The highest BCUT2D eigenvalue weighted by molar-refractivity contribution is 9.10. The quantitative estimate of drug-likeness (QED) is 0.937. The van der Waals surface area contributed by atoms with Crippen molar-refractivity contribution in [3.8, 4) is 11.4 Å². The van der Waals surface area contributed by atoms with Crippen molar-refractivity contribution >= 4 is 15.9 Å². The minimum absolute atomic E-state index is 0.227. The Balaban J connectivity index is 2.34. The van der Waals surface area contributed by atoms with E-state index >= 15 is 0 Å². The van der Waals surface area contributed by atoms with Crippen molar-refractivity contribution in [2.24, 2.45) is 5.73 Å². The predicted octanol–water partition coefficient (Wildman–Crippen LogP) is 2.28. The second kappa shape index (κ2) is 5.55. The molecule has 0 fully saturated rings. The molecule has 1 heterocycles. The van der Waals surface area contributed by atoms with Crippen molar-refractivity contribution in [1.82, 2.24) is 10.1 Å². The second-order valence-electron chi connectivity index (χ2n) is 3.57. The van der Waals surface area contributed by atoms with E-state index in [1.165, 1.54) is 19.2 Å². The van der Waals surface area contributed by atoms with Crippen molar-refractivity contribution in [2.75, 3.05) is 13.7 Å². The fourth-order valence-electron chi connectivity index (χ4n) is 1.46. The molecule has 1 atom stereocenters. The molecular weight excluding hydrogens is 305 g/mol. The molecule has 96 valence electrons. The second-order valence-corrected chi connectivity index (χ2v) is 4.49. The Bertz CT molecular complexity index is 523. The lowest BCUT2D eigenvalue weighted by Gasteiger charge is -2.05. The van der Waals surface area contributed by atoms with E-state index in [9.17, 15) is 4.39 Å². The van der Waals surface area contributed by atoms with Gasteiger partial charge in [-0.15, -0.1) is 0 Å². The Morgan fingerprint density at radius 3 is 2.89 bits per heavy atom. The van der Waals surface area contributed by atoms with E-state index < -0.39 is 6.10 Å². The maximum atomic E-state index is 13.3. The van der Waals surface area contributed by atoms with Crippen molar-refractivity contribution in [1.29, 1.82) is 0 Å². The van der Waals surface area contributed by atoms with Gasteiger partial charge in [0.05, 0.1) is 0 Å². The van der Waals surface area contributed by atoms with Gasteiger partial charge in [-0.3, -0.25) is 0 Å². The standard InChI is InChI=1S/C11H11BrFN3O2/c1-17-9(5-14)11-15-10(16-18-11)6-2-7(12)4-8(13)3-6/h2-4,9H,5,14H2,1H3. The van der Waals surface area contributed by atoms with Crippen LogP contribution in [0.3, 0.4) is 0 Å². The molecule has 2 aromatic rings. The molecule has 5 nitrogen and oxygen atoms in total. The smallest absolute Gasteiger partial charge is 0.257 e. The summed E-state index contributed by atoms with van der Waals surface area (Å²) in [4.78, 5) is 4.13. The topological polar surface area (TPSA) is 74.2 Å². The SMILES string of the molecule is COC(CN)c1nc(-c2cc(F)cc(Br)c2)no1. The zero-order valence-corrected chi connectivity index (χ0v) is 11.1. The number of ether oxygens (including phenoxy) is 1. The summed E-state index contributed by atoms with van der Waals surface area (Å²) in [5.41, 5.74) is 6.01. The number of nitrogens with two attached hydrogens (primary N) is 1. The van der Waals surface area contributed by atoms with Crippen molar-refractivity contribution in [2.45, 2.75) is 6.10 Å². The summed E-state index contributed by atoms with van der Waals surface area (Å²) in [6, 6.07) is 4.37. The molecule has 0 saturated carbocycles. The summed E-state index contributed by atoms with van der Waals surface area (Å²) >= 11 is 3.20. The minimum Gasteiger partial charge on any atom is -0.370 e. The van der Waals surface area contributed by atoms with Gasteiger partial charge >= 0.3 is 0 Å². The van der Waals surface area contributed by atoms with E-state index in [1.807, 2.05) is 0 Å². The van der Waals surface area contributed by atoms with Crippen molar-refractivity contribution < 1.29 is 13.7 Å². The number of rotatable bonds is 4. The van der Waals surface area contributed by atoms with Crippen LogP contribution in [0.2, 0.25) is 0 Å². The first kappa shape index (κ1) is 13.1. The third-order valence-electron chi connectivity index (χ3n) is 2.34. The summed E-state index contributed by atoms with van der Waals surface area (Å²) < 4.78 is 24.0. The first-order valence-electron chi connectivity index (χ1n) is 5.17. The van der Waals surface area contributed by atoms with Crippen LogP contribution in [0.5, 0.6) is 0 Å². The molecule has 0 saturated heterocycles. The number of nitrogens with zero attached hydrogens (tertiary/aromatic N) is 2. The number of hydrogen-bond donors (Lipinski definition) is 1. The zero-order chi connectivity index (χ0) is 13.1. The van der Waals surface area contributed by atoms with Gasteiger partial charge in [-0.25, -0.2) is 4.39 Å². The van der Waals surface area contributed by atoms with Crippen LogP contribution in [0.25, 0.3) is 11.4 Å². The lowest BCUT2D eigenvalue weighted by Crippen LogP contribution is -2.14. The van der Waals surface area contributed by atoms with E-state index in [1.54, 1.807) is 6.07 Å². The summed E-state index contributed by atoms with van der Waals surface area (Å²) in [5, 5.41) is 3.78. The van der Waals surface area contributed by atoms with E-state index in [4.69, 9.17) is 15.0 Å². The molecule has 2 N–H and O–H groups in total. The normalized spacial score (nSPS) is 12.7. The van der Waals surface area contributed by atoms with Gasteiger partial charge in [0.1, 0.15) is 11.9 Å². The van der Waals surface area contributed by atoms with Crippen LogP contribution in [0.4, 0.5) is 4.39 Å². The predicted molar refractivity (Wildman–Crippen MR) is 66.2 cm³/mol. The molecule has 0 aliphatic rings. The molecule has 1 aromatic heterocycles. The monoisotopic (exact) mass is 315 g/mol. The molecule has 7 heteroatoms. The summed E-state index contributed by atoms with van der Waals surface area (Å²) in [6.07, 6.45) is -0.455. The summed E-state index contributed by atoms with van der Waals surface area (Å²) in [7, 11) is 1.50. The fraction of sp³-hybridized carbons (Fsp3) is 0.273. The number of aromatic nitrogens is 2. The Kier molecular flexibility index (Phi) is 4.05. The Hall–Kier alpha value is -1.31. The van der Waals surface area contributed by atoms with E-state index in [2.05, 4.69) is 26.1 Å². The highest BCUT2D eigenvalue weighted by Gasteiger charge is 2.18. The van der Waals surface area contributed by atoms with Gasteiger partial charge in [-0.05, 0) is 18.2 Å². The third kappa shape index (κ3) is 2.74. The van der Waals surface area contributed by atoms with Gasteiger partial charge in [-0.1, -0.05) is 21.1 Å². The van der Waals surface area contributed by atoms with Crippen LogP contribution in [0.15, 0.2) is 27.2 Å². The average Bonchev–Trinajstić information content (AvgIpc) is 2.79. The van der Waals surface area contributed by atoms with Crippen LogP contribution in [-0.2, 0) is 4.74 Å². The van der Waals surface area contributed by atoms with E-state index in [0.717, 1.165) is 0 Å². The number of benzene rings is 1. The van der Waals surface area contributed by atoms with Crippen LogP contribution in [0, 0.1) is 5.82 Å². The fourth-order valence-corrected chi connectivity index (χ4v) is 1.93. The molecule has 18 heavy (non-hydrogen) atoms. The van der Waals surface area contributed by atoms with Crippen molar-refractivity contribution in [3.63, 3.8) is 0 Å². The lowest BCUT2D eigenvalue weighted by atomic mass is 10.2. The van der Waals surface area contributed by atoms with Gasteiger partial charge < -0.3 is 15.0 Å². The van der Waals surface area contributed by atoms with Gasteiger partial charge in [0.25, 0.3) is 5.89 Å². The molecule has 0 aliphatic heterocycles. The van der Waals surface area contributed by atoms with Crippen LogP contribution in [0.1, 0.15) is 12.0 Å². The molecular formula is C11H11BrFN3O2. The number of methoxy groups -OCH3 is 1. The molecule has 0 spiro atoms. The highest BCUT2D eigenvalue weighted by Crippen LogP contribution is 2.24. The van der Waals surface area contributed by atoms with Crippen LogP contribution >= 0.6 is 15.9 Å². The Labute approximate surface area is 111 Å². The maximum Gasteiger partial charge on any atom is 0.257 e.